The number of thioether (sulfide) groups is 1. The number of nitrogens with zero attached hydrogens (tertiary/aromatic N) is 4. The molecule has 0 spiro atoms. The highest BCUT2D eigenvalue weighted by Crippen LogP contribution is 2.34. The Hall–Kier alpha value is -2.60. The van der Waals surface area contributed by atoms with Gasteiger partial charge >= 0.3 is 0 Å². The van der Waals surface area contributed by atoms with Crippen LogP contribution >= 0.6 is 11.8 Å². The first-order valence-electron chi connectivity index (χ1n) is 10.7. The van der Waals surface area contributed by atoms with Gasteiger partial charge in [-0.1, -0.05) is 78.6 Å². The van der Waals surface area contributed by atoms with Crippen LogP contribution in [0.4, 0.5) is 0 Å². The molecule has 30 heavy (non-hydrogen) atoms. The summed E-state index contributed by atoms with van der Waals surface area (Å²) in [6.45, 7) is 1.92. The minimum atomic E-state index is 0.486. The second kappa shape index (κ2) is 8.64. The van der Waals surface area contributed by atoms with Crippen molar-refractivity contribution >= 4 is 22.5 Å². The van der Waals surface area contributed by atoms with Crippen LogP contribution in [0.3, 0.4) is 0 Å². The first-order valence-corrected chi connectivity index (χ1v) is 11.7. The monoisotopic (exact) mass is 418 g/mol. The van der Waals surface area contributed by atoms with E-state index in [0.717, 1.165) is 34.6 Å². The fourth-order valence-corrected chi connectivity index (χ4v) is 5.38. The lowest BCUT2D eigenvalue weighted by atomic mass is 9.95. The number of aromatic nitrogens is 4. The maximum absolute atomic E-state index is 5.22. The first kappa shape index (κ1) is 19.4. The number of aryl methyl sites for hydroxylation is 1. The van der Waals surface area contributed by atoms with E-state index in [-0.39, 0.29) is 0 Å². The van der Waals surface area contributed by atoms with Crippen molar-refractivity contribution in [2.24, 2.45) is 0 Å². The quantitative estimate of drug-likeness (QED) is 0.353. The number of hydrogen-bond donors (Lipinski definition) is 0. The van der Waals surface area contributed by atoms with E-state index in [1.54, 1.807) is 11.8 Å². The molecule has 1 saturated carbocycles. The van der Waals surface area contributed by atoms with E-state index in [0.29, 0.717) is 6.04 Å². The van der Waals surface area contributed by atoms with Crippen LogP contribution in [0.25, 0.3) is 10.8 Å². The van der Waals surface area contributed by atoms with Crippen LogP contribution in [-0.2, 0) is 12.2 Å². The molecule has 0 unspecified atom stereocenters. The van der Waals surface area contributed by atoms with Gasteiger partial charge in [0.1, 0.15) is 11.6 Å². The summed E-state index contributed by atoms with van der Waals surface area (Å²) in [4.78, 5) is 0. The van der Waals surface area contributed by atoms with Crippen LogP contribution < -0.4 is 0 Å². The van der Waals surface area contributed by atoms with Gasteiger partial charge in [0, 0.05) is 24.3 Å². The van der Waals surface area contributed by atoms with Gasteiger partial charge in [-0.3, -0.25) is 0 Å². The second-order valence-corrected chi connectivity index (χ2v) is 9.04. The molecule has 0 bridgehead atoms. The molecule has 0 saturated heterocycles. The summed E-state index contributed by atoms with van der Waals surface area (Å²) in [5.74, 6) is 2.66. The molecule has 5 rings (SSSR count). The van der Waals surface area contributed by atoms with Crippen LogP contribution in [0.1, 0.15) is 61.0 Å². The molecular weight excluding hydrogens is 392 g/mol. The Morgan fingerprint density at radius 3 is 2.70 bits per heavy atom. The van der Waals surface area contributed by atoms with E-state index in [2.05, 4.69) is 62.4 Å². The van der Waals surface area contributed by atoms with Gasteiger partial charge in [-0.25, -0.2) is 0 Å². The van der Waals surface area contributed by atoms with E-state index in [4.69, 9.17) is 4.52 Å². The highest BCUT2D eigenvalue weighted by Gasteiger charge is 2.23. The molecule has 0 radical (unpaired) electrons. The molecule has 2 aromatic carbocycles. The third-order valence-electron chi connectivity index (χ3n) is 5.93. The number of benzene rings is 2. The minimum absolute atomic E-state index is 0.486. The molecule has 1 aliphatic rings. The number of hydrogen-bond acceptors (Lipinski definition) is 5. The van der Waals surface area contributed by atoms with Crippen LogP contribution in [0.2, 0.25) is 0 Å². The Bertz CT molecular complexity index is 1140. The predicted octanol–water partition coefficient (Wildman–Crippen LogP) is 6.12. The van der Waals surface area contributed by atoms with E-state index in [1.165, 1.54) is 48.4 Å². The van der Waals surface area contributed by atoms with E-state index >= 15 is 0 Å². The van der Waals surface area contributed by atoms with Crippen LogP contribution in [0.5, 0.6) is 0 Å². The van der Waals surface area contributed by atoms with E-state index in [9.17, 15) is 0 Å². The SMILES string of the molecule is Cc1cc(CSc2nnc(Cc3cccc4ccccc34)n2C2CCCCC2)no1. The van der Waals surface area contributed by atoms with Gasteiger partial charge in [-0.2, -0.15) is 0 Å². The molecule has 5 nitrogen and oxygen atoms in total. The first-order chi connectivity index (χ1) is 14.8. The summed E-state index contributed by atoms with van der Waals surface area (Å²) < 4.78 is 7.63. The Balaban J connectivity index is 1.47. The van der Waals surface area contributed by atoms with Gasteiger partial charge in [0.15, 0.2) is 5.16 Å². The lowest BCUT2D eigenvalue weighted by molar-refractivity contribution is 0.330. The molecule has 1 aliphatic carbocycles. The van der Waals surface area contributed by atoms with E-state index < -0.39 is 0 Å². The fourth-order valence-electron chi connectivity index (χ4n) is 4.47. The summed E-state index contributed by atoms with van der Waals surface area (Å²) in [6.07, 6.45) is 7.10. The maximum Gasteiger partial charge on any atom is 0.191 e. The standard InChI is InChI=1S/C24H26N4OS/c1-17-14-20(27-29-17)16-30-24-26-25-23(28(24)21-11-3-2-4-12-21)15-19-10-7-9-18-8-5-6-13-22(18)19/h5-10,13-14,21H,2-4,11-12,15-16H2,1H3. The lowest BCUT2D eigenvalue weighted by Crippen LogP contribution is -2.17. The molecule has 0 aliphatic heterocycles. The van der Waals surface area contributed by atoms with Gasteiger partial charge in [-0.05, 0) is 36.1 Å². The number of fused-ring (bicyclic) bond motifs is 1. The summed E-state index contributed by atoms with van der Waals surface area (Å²) in [5, 5.41) is 17.0. The van der Waals surface area contributed by atoms with Crippen molar-refractivity contribution in [3.05, 3.63) is 71.4 Å². The largest absolute Gasteiger partial charge is 0.361 e. The third-order valence-corrected chi connectivity index (χ3v) is 6.91. The second-order valence-electron chi connectivity index (χ2n) is 8.09. The van der Waals surface area contributed by atoms with Crippen molar-refractivity contribution in [1.82, 2.24) is 19.9 Å². The summed E-state index contributed by atoms with van der Waals surface area (Å²) in [6, 6.07) is 17.6. The van der Waals surface area contributed by atoms with Crippen molar-refractivity contribution in [3.63, 3.8) is 0 Å². The van der Waals surface area contributed by atoms with Gasteiger partial charge in [-0.15, -0.1) is 10.2 Å². The fraction of sp³-hybridized carbons (Fsp3) is 0.375. The van der Waals surface area contributed by atoms with Gasteiger partial charge in [0.2, 0.25) is 0 Å². The maximum atomic E-state index is 5.22. The van der Waals surface area contributed by atoms with Crippen molar-refractivity contribution in [2.45, 2.75) is 62.4 Å². The zero-order valence-corrected chi connectivity index (χ0v) is 18.1. The highest BCUT2D eigenvalue weighted by molar-refractivity contribution is 7.98. The predicted molar refractivity (Wildman–Crippen MR) is 120 cm³/mol. The van der Waals surface area contributed by atoms with Crippen molar-refractivity contribution in [2.75, 3.05) is 0 Å². The summed E-state index contributed by atoms with van der Waals surface area (Å²) in [5.41, 5.74) is 2.26. The highest BCUT2D eigenvalue weighted by atomic mass is 32.2. The molecule has 6 heteroatoms. The molecule has 2 heterocycles. The minimum Gasteiger partial charge on any atom is -0.361 e. The van der Waals surface area contributed by atoms with Crippen LogP contribution in [-0.4, -0.2) is 19.9 Å². The Morgan fingerprint density at radius 2 is 1.87 bits per heavy atom. The van der Waals surface area contributed by atoms with Crippen molar-refractivity contribution in [1.29, 1.82) is 0 Å². The molecule has 2 aromatic heterocycles. The average Bonchev–Trinajstić information content (AvgIpc) is 3.39. The molecule has 0 atom stereocenters. The molecule has 0 amide bonds. The van der Waals surface area contributed by atoms with Gasteiger partial charge < -0.3 is 9.09 Å². The Kier molecular flexibility index (Phi) is 5.58. The summed E-state index contributed by atoms with van der Waals surface area (Å²) >= 11 is 1.71. The molecular formula is C24H26N4OS. The normalized spacial score (nSPS) is 15.1. The molecule has 0 N–H and O–H groups in total. The van der Waals surface area contributed by atoms with E-state index in [1.807, 2.05) is 13.0 Å². The average molecular weight is 419 g/mol. The zero-order valence-electron chi connectivity index (χ0n) is 17.3. The topological polar surface area (TPSA) is 56.7 Å². The van der Waals surface area contributed by atoms with Crippen LogP contribution in [0, 0.1) is 6.92 Å². The molecule has 1 fully saturated rings. The van der Waals surface area contributed by atoms with Crippen molar-refractivity contribution < 1.29 is 4.52 Å². The molecule has 154 valence electrons. The smallest absolute Gasteiger partial charge is 0.191 e. The molecule has 4 aromatic rings. The summed E-state index contributed by atoms with van der Waals surface area (Å²) in [7, 11) is 0. The van der Waals surface area contributed by atoms with Gasteiger partial charge in [0.25, 0.3) is 0 Å². The van der Waals surface area contributed by atoms with Gasteiger partial charge in [0.05, 0.1) is 5.69 Å². The lowest BCUT2D eigenvalue weighted by Gasteiger charge is -2.25. The zero-order chi connectivity index (χ0) is 20.3. The Morgan fingerprint density at radius 1 is 1.03 bits per heavy atom. The van der Waals surface area contributed by atoms with Crippen LogP contribution in [0.15, 0.2) is 58.2 Å². The third kappa shape index (κ3) is 4.01. The van der Waals surface area contributed by atoms with Crippen molar-refractivity contribution in [3.8, 4) is 0 Å². The number of rotatable bonds is 6. The Labute approximate surface area is 180 Å².